The molecule has 1 nitrogen and oxygen atoms in total. The van der Waals surface area contributed by atoms with Crippen LogP contribution in [0.5, 0.6) is 0 Å². The monoisotopic (exact) mass is 243 g/mol. The summed E-state index contributed by atoms with van der Waals surface area (Å²) in [5.74, 6) is -1.38. The first-order valence-corrected chi connectivity index (χ1v) is 3.59. The fourth-order valence-corrected chi connectivity index (χ4v) is 0.924. The third kappa shape index (κ3) is 1.74. The van der Waals surface area contributed by atoms with Crippen LogP contribution in [0.15, 0.2) is 16.7 Å². The highest BCUT2D eigenvalue weighted by atomic mass is 79.9. The van der Waals surface area contributed by atoms with E-state index in [1.807, 2.05) is 0 Å². The molecule has 0 amide bonds. The minimum Gasteiger partial charge on any atom is -0.249 e. The van der Waals surface area contributed by atoms with Gasteiger partial charge in [-0.05, 0) is 22.0 Å². The van der Waals surface area contributed by atoms with E-state index in [2.05, 4.69) is 20.9 Å². The van der Waals surface area contributed by atoms with Crippen LogP contribution in [0.3, 0.4) is 0 Å². The number of halogens is 5. The van der Waals surface area contributed by atoms with E-state index < -0.39 is 17.7 Å². The second-order valence-electron chi connectivity index (χ2n) is 1.95. The molecule has 1 heterocycles. The van der Waals surface area contributed by atoms with Crippen LogP contribution >= 0.6 is 15.9 Å². The lowest BCUT2D eigenvalue weighted by molar-refractivity contribution is -0.143. The van der Waals surface area contributed by atoms with Crippen molar-refractivity contribution in [1.29, 1.82) is 0 Å². The molecule has 0 fully saturated rings. The van der Waals surface area contributed by atoms with Crippen molar-refractivity contribution in [3.8, 4) is 0 Å². The molecule has 1 rings (SSSR count). The first-order chi connectivity index (χ1) is 5.43. The van der Waals surface area contributed by atoms with E-state index >= 15 is 0 Å². The molecule has 0 atom stereocenters. The number of nitrogens with zero attached hydrogens (tertiary/aromatic N) is 1. The van der Waals surface area contributed by atoms with Crippen molar-refractivity contribution < 1.29 is 17.6 Å². The van der Waals surface area contributed by atoms with Gasteiger partial charge in [0.25, 0.3) is 0 Å². The fraction of sp³-hybridized carbons (Fsp3) is 0.167. The molecule has 0 unspecified atom stereocenters. The first kappa shape index (κ1) is 9.44. The molecule has 6 heteroatoms. The van der Waals surface area contributed by atoms with Crippen LogP contribution in [0, 0.1) is 5.82 Å². The Labute approximate surface area is 73.5 Å². The summed E-state index contributed by atoms with van der Waals surface area (Å²) >= 11 is 2.62. The zero-order chi connectivity index (χ0) is 9.35. The molecule has 1 aromatic heterocycles. The third-order valence-corrected chi connectivity index (χ3v) is 1.72. The topological polar surface area (TPSA) is 12.9 Å². The van der Waals surface area contributed by atoms with Gasteiger partial charge in [0.05, 0.1) is 4.47 Å². The molecule has 0 bridgehead atoms. The zero-order valence-electron chi connectivity index (χ0n) is 5.49. The molecule has 66 valence electrons. The summed E-state index contributed by atoms with van der Waals surface area (Å²) in [5, 5.41) is 0. The summed E-state index contributed by atoms with van der Waals surface area (Å²) in [7, 11) is 0. The molecule has 0 saturated heterocycles. The van der Waals surface area contributed by atoms with Gasteiger partial charge in [0, 0.05) is 6.20 Å². The lowest BCUT2D eigenvalue weighted by atomic mass is 10.3. The van der Waals surface area contributed by atoms with Crippen LogP contribution in [-0.2, 0) is 6.18 Å². The lowest BCUT2D eigenvalue weighted by Gasteiger charge is -2.06. The van der Waals surface area contributed by atoms with Gasteiger partial charge in [0.15, 0.2) is 11.5 Å². The highest BCUT2D eigenvalue weighted by Gasteiger charge is 2.36. The van der Waals surface area contributed by atoms with Crippen LogP contribution in [0.1, 0.15) is 5.69 Å². The summed E-state index contributed by atoms with van der Waals surface area (Å²) in [4.78, 5) is 2.88. The van der Waals surface area contributed by atoms with Crippen molar-refractivity contribution in [2.45, 2.75) is 6.18 Å². The van der Waals surface area contributed by atoms with Crippen molar-refractivity contribution in [2.75, 3.05) is 0 Å². The highest BCUT2D eigenvalue weighted by molar-refractivity contribution is 9.10. The quantitative estimate of drug-likeness (QED) is 0.639. The normalized spacial score (nSPS) is 11.8. The standard InChI is InChI=1S/C6H2BrF4N/c7-3-1-2-12-5(4(3)8)6(9,10)11/h1-2H. The predicted molar refractivity (Wildman–Crippen MR) is 36.9 cm³/mol. The van der Waals surface area contributed by atoms with Crippen LogP contribution in [-0.4, -0.2) is 4.98 Å². The predicted octanol–water partition coefficient (Wildman–Crippen LogP) is 3.00. The maximum atomic E-state index is 12.7. The Hall–Kier alpha value is -0.650. The van der Waals surface area contributed by atoms with Gasteiger partial charge in [-0.2, -0.15) is 13.2 Å². The summed E-state index contributed by atoms with van der Waals surface area (Å²) in [5.41, 5.74) is -1.50. The Kier molecular flexibility index (Phi) is 2.36. The smallest absolute Gasteiger partial charge is 0.249 e. The average Bonchev–Trinajstić information content (AvgIpc) is 1.92. The van der Waals surface area contributed by atoms with Crippen molar-refractivity contribution in [2.24, 2.45) is 0 Å². The minimum atomic E-state index is -4.74. The summed E-state index contributed by atoms with van der Waals surface area (Å²) in [6.07, 6.45) is -3.86. The Balaban J connectivity index is 3.26. The molecule has 12 heavy (non-hydrogen) atoms. The maximum absolute atomic E-state index is 12.7. The molecule has 0 saturated carbocycles. The number of alkyl halides is 3. The second-order valence-corrected chi connectivity index (χ2v) is 2.81. The zero-order valence-corrected chi connectivity index (χ0v) is 7.08. The molecular formula is C6H2BrF4N. The van der Waals surface area contributed by atoms with E-state index in [9.17, 15) is 17.6 Å². The number of hydrogen-bond donors (Lipinski definition) is 0. The minimum absolute atomic E-state index is 0.246. The largest absolute Gasteiger partial charge is 0.436 e. The third-order valence-electron chi connectivity index (χ3n) is 1.11. The second kappa shape index (κ2) is 3.01. The van der Waals surface area contributed by atoms with Gasteiger partial charge in [-0.3, -0.25) is 0 Å². The molecular weight excluding hydrogens is 242 g/mol. The molecule has 0 spiro atoms. The van der Waals surface area contributed by atoms with Gasteiger partial charge in [0.2, 0.25) is 0 Å². The molecule has 0 aliphatic heterocycles. The van der Waals surface area contributed by atoms with E-state index in [0.29, 0.717) is 0 Å². The fourth-order valence-electron chi connectivity index (χ4n) is 0.618. The van der Waals surface area contributed by atoms with Crippen LogP contribution < -0.4 is 0 Å². The molecule has 1 aromatic rings. The van der Waals surface area contributed by atoms with E-state index in [0.717, 1.165) is 12.3 Å². The van der Waals surface area contributed by atoms with Gasteiger partial charge >= 0.3 is 6.18 Å². The summed E-state index contributed by atoms with van der Waals surface area (Å²) in [6.45, 7) is 0. The SMILES string of the molecule is Fc1c(Br)ccnc1C(F)(F)F. The summed E-state index contributed by atoms with van der Waals surface area (Å²) in [6, 6.07) is 1.10. The number of hydrogen-bond acceptors (Lipinski definition) is 1. The van der Waals surface area contributed by atoms with Gasteiger partial charge in [0.1, 0.15) is 0 Å². The van der Waals surface area contributed by atoms with Crippen molar-refractivity contribution in [1.82, 2.24) is 4.98 Å². The molecule has 0 aromatic carbocycles. The number of pyridine rings is 1. The van der Waals surface area contributed by atoms with Gasteiger partial charge in [-0.15, -0.1) is 0 Å². The van der Waals surface area contributed by atoms with Crippen molar-refractivity contribution in [3.63, 3.8) is 0 Å². The van der Waals surface area contributed by atoms with E-state index in [-0.39, 0.29) is 4.47 Å². The maximum Gasteiger partial charge on any atom is 0.436 e. The number of rotatable bonds is 0. The van der Waals surface area contributed by atoms with Gasteiger partial charge in [-0.25, -0.2) is 9.37 Å². The lowest BCUT2D eigenvalue weighted by Crippen LogP contribution is -2.10. The van der Waals surface area contributed by atoms with E-state index in [4.69, 9.17) is 0 Å². The first-order valence-electron chi connectivity index (χ1n) is 2.80. The summed E-state index contributed by atoms with van der Waals surface area (Å²) < 4.78 is 48.1. The molecule has 0 radical (unpaired) electrons. The molecule has 0 aliphatic carbocycles. The Morgan fingerprint density at radius 1 is 1.33 bits per heavy atom. The van der Waals surface area contributed by atoms with Gasteiger partial charge < -0.3 is 0 Å². The Morgan fingerprint density at radius 3 is 2.33 bits per heavy atom. The van der Waals surface area contributed by atoms with Crippen LogP contribution in [0.25, 0.3) is 0 Å². The highest BCUT2D eigenvalue weighted by Crippen LogP contribution is 2.31. The van der Waals surface area contributed by atoms with E-state index in [1.54, 1.807) is 0 Å². The van der Waals surface area contributed by atoms with Crippen LogP contribution in [0.4, 0.5) is 17.6 Å². The average molecular weight is 244 g/mol. The van der Waals surface area contributed by atoms with Crippen LogP contribution in [0.2, 0.25) is 0 Å². The number of aromatic nitrogens is 1. The van der Waals surface area contributed by atoms with Crippen molar-refractivity contribution >= 4 is 15.9 Å². The van der Waals surface area contributed by atoms with Gasteiger partial charge in [-0.1, -0.05) is 0 Å². The van der Waals surface area contributed by atoms with Crippen molar-refractivity contribution in [3.05, 3.63) is 28.2 Å². The van der Waals surface area contributed by atoms with E-state index in [1.165, 1.54) is 0 Å². The molecule has 0 N–H and O–H groups in total. The molecule has 0 aliphatic rings. The Morgan fingerprint density at radius 2 is 1.92 bits per heavy atom. The Bertz CT molecular complexity index is 296.